The number of benzene rings is 2. The van der Waals surface area contributed by atoms with Crippen molar-refractivity contribution in [2.45, 2.75) is 6.42 Å². The summed E-state index contributed by atoms with van der Waals surface area (Å²) in [4.78, 5) is 0. The molecule has 0 fully saturated rings. The van der Waals surface area contributed by atoms with Crippen LogP contribution in [0.1, 0.15) is 11.5 Å². The van der Waals surface area contributed by atoms with Gasteiger partial charge in [0.1, 0.15) is 5.82 Å². The Hall–Kier alpha value is -2.20. The second-order valence-electron chi connectivity index (χ2n) is 4.24. The molecule has 0 aliphatic carbocycles. The van der Waals surface area contributed by atoms with E-state index < -0.39 is 0 Å². The topological polar surface area (TPSA) is 38.9 Å². The van der Waals surface area contributed by atoms with Crippen molar-refractivity contribution in [2.24, 2.45) is 0 Å². The summed E-state index contributed by atoms with van der Waals surface area (Å²) in [5.41, 5.74) is 1.18. The average Bonchev–Trinajstić information content (AvgIpc) is 2.93. The minimum atomic E-state index is -0.378. The molecule has 0 saturated carbocycles. The first-order valence-corrected chi connectivity index (χ1v) is 6.42. The van der Waals surface area contributed by atoms with Crippen molar-refractivity contribution in [3.05, 3.63) is 70.8 Å². The van der Waals surface area contributed by atoms with Gasteiger partial charge in [-0.05, 0) is 24.3 Å². The predicted octanol–water partition coefficient (Wildman–Crippen LogP) is 4.12. The molecule has 0 unspecified atom stereocenters. The van der Waals surface area contributed by atoms with Gasteiger partial charge in [-0.2, -0.15) is 0 Å². The van der Waals surface area contributed by atoms with Crippen molar-refractivity contribution in [1.82, 2.24) is 10.2 Å². The molecular weight excluding hydrogens is 279 g/mol. The Bertz CT molecular complexity index is 707. The Balaban J connectivity index is 1.88. The molecule has 20 heavy (non-hydrogen) atoms. The molecule has 0 atom stereocenters. The fourth-order valence-corrected chi connectivity index (χ4v) is 2.10. The number of rotatable bonds is 3. The van der Waals surface area contributed by atoms with Gasteiger partial charge >= 0.3 is 0 Å². The van der Waals surface area contributed by atoms with E-state index in [1.54, 1.807) is 12.1 Å². The lowest BCUT2D eigenvalue weighted by Crippen LogP contribution is -1.94. The molecule has 0 aliphatic heterocycles. The molecule has 0 saturated heterocycles. The second kappa shape index (κ2) is 5.43. The predicted molar refractivity (Wildman–Crippen MR) is 74.0 cm³/mol. The van der Waals surface area contributed by atoms with E-state index in [1.165, 1.54) is 6.07 Å². The van der Waals surface area contributed by atoms with Crippen molar-refractivity contribution in [3.63, 3.8) is 0 Å². The number of nitrogens with zero attached hydrogens (tertiary/aromatic N) is 2. The zero-order chi connectivity index (χ0) is 13.9. The van der Waals surface area contributed by atoms with Gasteiger partial charge in [-0.25, -0.2) is 4.39 Å². The fourth-order valence-electron chi connectivity index (χ4n) is 1.87. The molecule has 1 aromatic heterocycles. The van der Waals surface area contributed by atoms with Crippen LogP contribution in [0.3, 0.4) is 0 Å². The van der Waals surface area contributed by atoms with Gasteiger partial charge in [0, 0.05) is 16.1 Å². The summed E-state index contributed by atoms with van der Waals surface area (Å²) >= 11 is 5.97. The van der Waals surface area contributed by atoms with Crippen LogP contribution < -0.4 is 0 Å². The van der Waals surface area contributed by atoms with Gasteiger partial charge in [0.15, 0.2) is 0 Å². The first-order chi connectivity index (χ1) is 9.74. The van der Waals surface area contributed by atoms with Crippen molar-refractivity contribution < 1.29 is 8.81 Å². The van der Waals surface area contributed by atoms with E-state index in [-0.39, 0.29) is 12.2 Å². The molecular formula is C15H10ClFN2O. The maximum absolute atomic E-state index is 13.7. The van der Waals surface area contributed by atoms with Crippen LogP contribution in [0.25, 0.3) is 11.5 Å². The van der Waals surface area contributed by atoms with Crippen LogP contribution >= 0.6 is 11.6 Å². The monoisotopic (exact) mass is 288 g/mol. The molecule has 0 radical (unpaired) electrons. The Morgan fingerprint density at radius 3 is 2.55 bits per heavy atom. The zero-order valence-corrected chi connectivity index (χ0v) is 11.1. The lowest BCUT2D eigenvalue weighted by Gasteiger charge is -2.02. The summed E-state index contributed by atoms with van der Waals surface area (Å²) in [5.74, 6) is 0.362. The Morgan fingerprint density at radius 1 is 1.00 bits per heavy atom. The standard InChI is InChI=1S/C15H10ClFN2O/c16-12-7-4-8-13(17)11(12)9-14-18-19-15(20-14)10-5-2-1-3-6-10/h1-8H,9H2. The van der Waals surface area contributed by atoms with Crippen LogP contribution in [0, 0.1) is 5.82 Å². The first-order valence-electron chi connectivity index (χ1n) is 6.05. The summed E-state index contributed by atoms with van der Waals surface area (Å²) < 4.78 is 19.2. The second-order valence-corrected chi connectivity index (χ2v) is 4.65. The summed E-state index contributed by atoms with van der Waals surface area (Å²) in [6.07, 6.45) is 0.172. The van der Waals surface area contributed by atoms with Gasteiger partial charge in [0.05, 0.1) is 6.42 Å². The van der Waals surface area contributed by atoms with Crippen LogP contribution in [0.15, 0.2) is 52.9 Å². The third-order valence-electron chi connectivity index (χ3n) is 2.88. The van der Waals surface area contributed by atoms with Crippen molar-refractivity contribution in [1.29, 1.82) is 0 Å². The van der Waals surface area contributed by atoms with E-state index in [9.17, 15) is 4.39 Å². The quantitative estimate of drug-likeness (QED) is 0.728. The van der Waals surface area contributed by atoms with E-state index in [0.29, 0.717) is 22.4 Å². The highest BCUT2D eigenvalue weighted by Crippen LogP contribution is 2.23. The van der Waals surface area contributed by atoms with Gasteiger partial charge < -0.3 is 4.42 Å². The molecule has 0 amide bonds. The van der Waals surface area contributed by atoms with Crippen LogP contribution in [-0.4, -0.2) is 10.2 Å². The Kier molecular flexibility index (Phi) is 3.48. The number of hydrogen-bond acceptors (Lipinski definition) is 3. The molecule has 3 nitrogen and oxygen atoms in total. The van der Waals surface area contributed by atoms with Gasteiger partial charge in [-0.15, -0.1) is 10.2 Å². The van der Waals surface area contributed by atoms with Crippen molar-refractivity contribution in [3.8, 4) is 11.5 Å². The molecule has 1 heterocycles. The third-order valence-corrected chi connectivity index (χ3v) is 3.23. The maximum Gasteiger partial charge on any atom is 0.247 e. The van der Waals surface area contributed by atoms with E-state index in [4.69, 9.17) is 16.0 Å². The van der Waals surface area contributed by atoms with E-state index >= 15 is 0 Å². The van der Waals surface area contributed by atoms with Crippen molar-refractivity contribution >= 4 is 11.6 Å². The molecule has 2 aromatic carbocycles. The van der Waals surface area contributed by atoms with Crippen LogP contribution in [0.2, 0.25) is 5.02 Å². The molecule has 100 valence electrons. The molecule has 5 heteroatoms. The van der Waals surface area contributed by atoms with Crippen LogP contribution in [-0.2, 0) is 6.42 Å². The minimum absolute atomic E-state index is 0.172. The summed E-state index contributed by atoms with van der Waals surface area (Å²) in [6, 6.07) is 14.0. The lowest BCUT2D eigenvalue weighted by molar-refractivity contribution is 0.511. The number of aromatic nitrogens is 2. The van der Waals surface area contributed by atoms with E-state index in [0.717, 1.165) is 5.56 Å². The van der Waals surface area contributed by atoms with Crippen molar-refractivity contribution in [2.75, 3.05) is 0 Å². The third kappa shape index (κ3) is 2.56. The van der Waals surface area contributed by atoms with Gasteiger partial charge in [-0.1, -0.05) is 35.9 Å². The Labute approximate surface area is 120 Å². The maximum atomic E-state index is 13.7. The van der Waals surface area contributed by atoms with E-state index in [1.807, 2.05) is 30.3 Å². The first kappa shape index (κ1) is 12.8. The normalized spacial score (nSPS) is 10.7. The molecule has 0 aliphatic rings. The fraction of sp³-hybridized carbons (Fsp3) is 0.0667. The van der Waals surface area contributed by atoms with Gasteiger partial charge in [0.2, 0.25) is 11.8 Å². The van der Waals surface area contributed by atoms with E-state index in [2.05, 4.69) is 10.2 Å². The number of hydrogen-bond donors (Lipinski definition) is 0. The summed E-state index contributed by atoms with van der Waals surface area (Å²) in [5, 5.41) is 8.24. The largest absolute Gasteiger partial charge is 0.420 e. The average molecular weight is 289 g/mol. The molecule has 0 spiro atoms. The molecule has 3 aromatic rings. The number of halogens is 2. The highest BCUT2D eigenvalue weighted by Gasteiger charge is 2.13. The zero-order valence-electron chi connectivity index (χ0n) is 10.4. The highest BCUT2D eigenvalue weighted by molar-refractivity contribution is 6.31. The highest BCUT2D eigenvalue weighted by atomic mass is 35.5. The molecule has 0 bridgehead atoms. The SMILES string of the molecule is Fc1cccc(Cl)c1Cc1nnc(-c2ccccc2)o1. The molecule has 0 N–H and O–H groups in total. The van der Waals surface area contributed by atoms with Gasteiger partial charge in [-0.3, -0.25) is 0 Å². The van der Waals surface area contributed by atoms with Crippen LogP contribution in [0.5, 0.6) is 0 Å². The smallest absolute Gasteiger partial charge is 0.247 e. The molecule has 3 rings (SSSR count). The van der Waals surface area contributed by atoms with Gasteiger partial charge in [0.25, 0.3) is 0 Å². The van der Waals surface area contributed by atoms with Crippen LogP contribution in [0.4, 0.5) is 4.39 Å². The lowest BCUT2D eigenvalue weighted by atomic mass is 10.1. The summed E-state index contributed by atoms with van der Waals surface area (Å²) in [7, 11) is 0. The summed E-state index contributed by atoms with van der Waals surface area (Å²) in [6.45, 7) is 0. The minimum Gasteiger partial charge on any atom is -0.420 e. The Morgan fingerprint density at radius 2 is 1.80 bits per heavy atom.